The van der Waals surface area contributed by atoms with Crippen molar-refractivity contribution >= 4 is 11.8 Å². The fourth-order valence-corrected chi connectivity index (χ4v) is 5.46. The number of hydrogen-bond acceptors (Lipinski definition) is 6. The predicted octanol–water partition coefficient (Wildman–Crippen LogP) is 5.54. The summed E-state index contributed by atoms with van der Waals surface area (Å²) in [6.07, 6.45) is 9.77. The number of nitrogens with zero attached hydrogens (tertiary/aromatic N) is 1. The lowest BCUT2D eigenvalue weighted by Gasteiger charge is -2.33. The highest BCUT2D eigenvalue weighted by atomic mass is 16.6. The van der Waals surface area contributed by atoms with Crippen LogP contribution in [0.1, 0.15) is 52.0 Å². The summed E-state index contributed by atoms with van der Waals surface area (Å²) in [5, 5.41) is 2.97. The minimum Gasteiger partial charge on any atom is -0.493 e. The first-order chi connectivity index (χ1) is 17.1. The van der Waals surface area contributed by atoms with Crippen LogP contribution < -0.4 is 19.7 Å². The average Bonchev–Trinajstić information content (AvgIpc) is 3.54. The van der Waals surface area contributed by atoms with Crippen molar-refractivity contribution in [2.45, 2.75) is 76.7 Å². The van der Waals surface area contributed by atoms with Crippen molar-refractivity contribution in [2.24, 2.45) is 5.92 Å². The number of nitrogens with one attached hydrogen (secondary N) is 1. The Labute approximate surface area is 215 Å². The molecule has 3 aliphatic heterocycles. The number of epoxide rings is 1. The van der Waals surface area contributed by atoms with Gasteiger partial charge in [-0.15, -0.1) is 0 Å². The lowest BCUT2D eigenvalue weighted by atomic mass is 9.86. The number of carbonyl (C=O) groups is 1. The van der Waals surface area contributed by atoms with E-state index in [-0.39, 0.29) is 35.9 Å². The topological polar surface area (TPSA) is 72.6 Å². The first-order valence-electron chi connectivity index (χ1n) is 12.8. The second kappa shape index (κ2) is 10.6. The smallest absolute Gasteiger partial charge is 0.407 e. The summed E-state index contributed by atoms with van der Waals surface area (Å²) in [6, 6.07) is 4.24. The van der Waals surface area contributed by atoms with Gasteiger partial charge in [-0.2, -0.15) is 0 Å². The highest BCUT2D eigenvalue weighted by Crippen LogP contribution is 2.48. The molecule has 7 heteroatoms. The molecule has 0 aliphatic carbocycles. The lowest BCUT2D eigenvalue weighted by Crippen LogP contribution is -2.48. The second-order valence-corrected chi connectivity index (χ2v) is 10.6. The van der Waals surface area contributed by atoms with Crippen molar-refractivity contribution in [2.75, 3.05) is 26.2 Å². The van der Waals surface area contributed by atoms with Crippen molar-refractivity contribution in [3.63, 3.8) is 0 Å². The highest BCUT2D eigenvalue weighted by molar-refractivity contribution is 5.69. The van der Waals surface area contributed by atoms with E-state index >= 15 is 0 Å². The molecule has 1 aromatic carbocycles. The van der Waals surface area contributed by atoms with Crippen LogP contribution in [0.25, 0.3) is 0 Å². The first-order valence-corrected chi connectivity index (χ1v) is 12.8. The second-order valence-electron chi connectivity index (χ2n) is 10.6. The van der Waals surface area contributed by atoms with Crippen LogP contribution >= 0.6 is 0 Å². The van der Waals surface area contributed by atoms with Gasteiger partial charge < -0.3 is 29.2 Å². The molecule has 3 heterocycles. The van der Waals surface area contributed by atoms with Crippen LogP contribution in [0.15, 0.2) is 48.2 Å². The number of benzene rings is 1. The van der Waals surface area contributed by atoms with Crippen molar-refractivity contribution < 1.29 is 23.7 Å². The number of carbonyl (C=O) groups excluding carboxylic acids is 1. The van der Waals surface area contributed by atoms with E-state index in [9.17, 15) is 4.79 Å². The minimum atomic E-state index is -0.339. The van der Waals surface area contributed by atoms with E-state index in [4.69, 9.17) is 18.9 Å². The van der Waals surface area contributed by atoms with Gasteiger partial charge in [0.1, 0.15) is 6.10 Å². The van der Waals surface area contributed by atoms with Gasteiger partial charge in [0.25, 0.3) is 0 Å². The number of anilines is 1. The minimum absolute atomic E-state index is 0.0494. The molecular formula is C29H40N2O5. The van der Waals surface area contributed by atoms with E-state index in [0.29, 0.717) is 11.5 Å². The third-order valence-electron chi connectivity index (χ3n) is 7.79. The Bertz CT molecular complexity index is 1060. The molecule has 5 atom stereocenters. The summed E-state index contributed by atoms with van der Waals surface area (Å²) in [5.74, 6) is 1.51. The largest absolute Gasteiger partial charge is 0.493 e. The Hall–Kier alpha value is -2.93. The summed E-state index contributed by atoms with van der Waals surface area (Å²) in [7, 11) is 5.35. The van der Waals surface area contributed by atoms with E-state index in [2.05, 4.69) is 61.9 Å². The third kappa shape index (κ3) is 5.56. The van der Waals surface area contributed by atoms with Crippen LogP contribution in [0, 0.1) is 5.92 Å². The van der Waals surface area contributed by atoms with Gasteiger partial charge in [0, 0.05) is 31.1 Å². The molecule has 2 saturated heterocycles. The van der Waals surface area contributed by atoms with Crippen molar-refractivity contribution in [3.8, 4) is 11.5 Å². The fraction of sp³-hybridized carbons (Fsp3) is 0.552. The van der Waals surface area contributed by atoms with Gasteiger partial charge in [-0.25, -0.2) is 4.79 Å². The molecule has 7 nitrogen and oxygen atoms in total. The monoisotopic (exact) mass is 496 g/mol. The van der Waals surface area contributed by atoms with Gasteiger partial charge in [-0.3, -0.25) is 0 Å². The van der Waals surface area contributed by atoms with Gasteiger partial charge in [0.2, 0.25) is 0 Å². The predicted molar refractivity (Wildman–Crippen MR) is 142 cm³/mol. The zero-order chi connectivity index (χ0) is 26.0. The summed E-state index contributed by atoms with van der Waals surface area (Å²) in [5.41, 5.74) is 3.99. The highest BCUT2D eigenvalue weighted by Gasteiger charge is 2.57. The summed E-state index contributed by atoms with van der Waals surface area (Å²) in [4.78, 5) is 14.3. The molecule has 1 N–H and O–H groups in total. The number of rotatable bonds is 2. The van der Waals surface area contributed by atoms with E-state index < -0.39 is 0 Å². The standard InChI is InChI=1S/C29H40N2O5/c1-18-10-8-9-11-22-17-24(35-28(32)30-22)20(3)27-29(4,36-27)13-12-19(2)31(5)23-15-21(14-18)16-25(33-6)26(23)34-7/h8-10,15-16,20,22,24,27H,2,11-14,17H2,1,3-7H3,(H,30,32)/b9-8+,18-10+/t20-,22?,24?,27+,29+/m1/s1. The SMILES string of the molecule is C=C1CC[C@]2(C)O[C@H]2[C@H](C)C2CC(C/C=C/C=C(\C)Cc3cc(OC)c(OC)c(c3)N1C)NC(=O)O2. The van der Waals surface area contributed by atoms with Gasteiger partial charge >= 0.3 is 6.09 Å². The van der Waals surface area contributed by atoms with E-state index in [0.717, 1.165) is 49.1 Å². The number of amides is 1. The molecule has 4 rings (SSSR count). The molecule has 1 amide bonds. The van der Waals surface area contributed by atoms with Crippen molar-refractivity contribution in [1.82, 2.24) is 5.32 Å². The van der Waals surface area contributed by atoms with Crippen LogP contribution in [0.4, 0.5) is 10.5 Å². The Morgan fingerprint density at radius 3 is 2.75 bits per heavy atom. The number of ether oxygens (including phenoxy) is 4. The van der Waals surface area contributed by atoms with Gasteiger partial charge in [0.05, 0.1) is 31.6 Å². The molecule has 0 saturated carbocycles. The van der Waals surface area contributed by atoms with Crippen LogP contribution in [0.2, 0.25) is 0 Å². The van der Waals surface area contributed by atoms with Gasteiger partial charge in [-0.1, -0.05) is 37.3 Å². The van der Waals surface area contributed by atoms with Crippen LogP contribution in [0.5, 0.6) is 11.5 Å². The molecule has 4 bridgehead atoms. The number of alkyl carbamates (subject to hydrolysis) is 1. The Kier molecular flexibility index (Phi) is 7.69. The Balaban J connectivity index is 1.65. The number of allylic oxidation sites excluding steroid dienone is 4. The van der Waals surface area contributed by atoms with E-state index in [1.165, 1.54) is 5.57 Å². The lowest BCUT2D eigenvalue weighted by molar-refractivity contribution is 0.0221. The average molecular weight is 497 g/mol. The number of hydrogen-bond donors (Lipinski definition) is 1. The van der Waals surface area contributed by atoms with E-state index in [1.54, 1.807) is 14.2 Å². The summed E-state index contributed by atoms with van der Waals surface area (Å²) in [6.45, 7) is 10.8. The van der Waals surface area contributed by atoms with Crippen LogP contribution in [-0.2, 0) is 15.9 Å². The zero-order valence-electron chi connectivity index (χ0n) is 22.4. The Morgan fingerprint density at radius 1 is 1.25 bits per heavy atom. The molecule has 0 aromatic heterocycles. The van der Waals surface area contributed by atoms with Crippen molar-refractivity contribution in [1.29, 1.82) is 0 Å². The molecule has 0 radical (unpaired) electrons. The maximum atomic E-state index is 12.3. The molecule has 2 fully saturated rings. The molecule has 3 aliphatic rings. The molecule has 196 valence electrons. The summed E-state index contributed by atoms with van der Waals surface area (Å²) >= 11 is 0. The quantitative estimate of drug-likeness (QED) is 0.542. The molecule has 1 aromatic rings. The molecule has 36 heavy (non-hydrogen) atoms. The fourth-order valence-electron chi connectivity index (χ4n) is 5.46. The summed E-state index contributed by atoms with van der Waals surface area (Å²) < 4.78 is 23.3. The number of fused-ring (bicyclic) bond motifs is 5. The zero-order valence-corrected chi connectivity index (χ0v) is 22.4. The normalized spacial score (nSPS) is 33.4. The molecular weight excluding hydrogens is 456 g/mol. The van der Waals surface area contributed by atoms with Crippen LogP contribution in [0.3, 0.4) is 0 Å². The third-order valence-corrected chi connectivity index (χ3v) is 7.79. The van der Waals surface area contributed by atoms with Crippen molar-refractivity contribution in [3.05, 3.63) is 53.8 Å². The maximum Gasteiger partial charge on any atom is 0.407 e. The maximum absolute atomic E-state index is 12.3. The molecule has 2 unspecified atom stereocenters. The van der Waals surface area contributed by atoms with E-state index in [1.807, 2.05) is 13.1 Å². The number of methoxy groups -OCH3 is 2. The Morgan fingerprint density at radius 2 is 2.03 bits per heavy atom. The van der Waals surface area contributed by atoms with Gasteiger partial charge in [0.15, 0.2) is 11.5 Å². The van der Waals surface area contributed by atoms with Gasteiger partial charge in [-0.05, 0) is 57.2 Å². The van der Waals surface area contributed by atoms with Crippen LogP contribution in [-0.4, -0.2) is 51.2 Å². The molecule has 0 spiro atoms. The first kappa shape index (κ1) is 26.1.